The average molecular weight is 371 g/mol. The number of tetrazole rings is 1. The van der Waals surface area contributed by atoms with Crippen molar-refractivity contribution in [2.75, 3.05) is 13.2 Å². The van der Waals surface area contributed by atoms with Crippen molar-refractivity contribution in [3.8, 4) is 16.5 Å². The Morgan fingerprint density at radius 2 is 2.15 bits per heavy atom. The van der Waals surface area contributed by atoms with Gasteiger partial charge in [0.05, 0.1) is 12.1 Å². The lowest BCUT2D eigenvalue weighted by Gasteiger charge is -2.26. The first-order valence-electron chi connectivity index (χ1n) is 8.13. The van der Waals surface area contributed by atoms with Gasteiger partial charge in [0.25, 0.3) is 5.91 Å². The van der Waals surface area contributed by atoms with Crippen molar-refractivity contribution in [2.24, 2.45) is 0 Å². The normalized spacial score (nSPS) is 15.7. The lowest BCUT2D eigenvalue weighted by Crippen LogP contribution is -2.41. The van der Waals surface area contributed by atoms with E-state index in [1.165, 1.54) is 22.3 Å². The number of rotatable bonds is 4. The Hall–Kier alpha value is -2.94. The maximum atomic E-state index is 12.8. The minimum atomic E-state index is -0.245. The van der Waals surface area contributed by atoms with E-state index in [0.29, 0.717) is 29.5 Å². The van der Waals surface area contributed by atoms with E-state index >= 15 is 0 Å². The van der Waals surface area contributed by atoms with Gasteiger partial charge < -0.3 is 14.8 Å². The van der Waals surface area contributed by atoms with Gasteiger partial charge >= 0.3 is 0 Å². The van der Waals surface area contributed by atoms with Crippen LogP contribution < -0.4 is 14.8 Å². The Morgan fingerprint density at radius 1 is 1.35 bits per heavy atom. The summed E-state index contributed by atoms with van der Waals surface area (Å²) in [6, 6.07) is 7.50. The fraction of sp³-hybridized carbons (Fsp3) is 0.294. The van der Waals surface area contributed by atoms with Gasteiger partial charge in [0.1, 0.15) is 24.0 Å². The predicted octanol–water partition coefficient (Wildman–Crippen LogP) is 1.91. The number of nitrogens with zero attached hydrogens (tertiary/aromatic N) is 4. The summed E-state index contributed by atoms with van der Waals surface area (Å²) >= 11 is 1.48. The third-order valence-corrected chi connectivity index (χ3v) is 5.41. The van der Waals surface area contributed by atoms with Crippen molar-refractivity contribution in [2.45, 2.75) is 20.0 Å². The van der Waals surface area contributed by atoms with Crippen molar-refractivity contribution in [1.29, 1.82) is 0 Å². The number of aryl methyl sites for hydroxylation is 1. The molecule has 1 N–H and O–H groups in total. The zero-order valence-corrected chi connectivity index (χ0v) is 15.1. The van der Waals surface area contributed by atoms with E-state index in [4.69, 9.17) is 9.47 Å². The van der Waals surface area contributed by atoms with Crippen molar-refractivity contribution >= 4 is 17.2 Å². The molecule has 9 heteroatoms. The second-order valence-corrected chi connectivity index (χ2v) is 7.13. The lowest BCUT2D eigenvalue weighted by atomic mass is 10.1. The molecule has 3 aromatic rings. The van der Waals surface area contributed by atoms with E-state index in [1.807, 2.05) is 38.1 Å². The fourth-order valence-corrected chi connectivity index (χ4v) is 3.82. The van der Waals surface area contributed by atoms with E-state index < -0.39 is 0 Å². The molecule has 1 aromatic carbocycles. The van der Waals surface area contributed by atoms with Gasteiger partial charge in [0.15, 0.2) is 11.5 Å². The summed E-state index contributed by atoms with van der Waals surface area (Å²) in [4.78, 5) is 13.8. The van der Waals surface area contributed by atoms with Gasteiger partial charge in [0.2, 0.25) is 0 Å². The van der Waals surface area contributed by atoms with Crippen LogP contribution in [0.4, 0.5) is 0 Å². The van der Waals surface area contributed by atoms with Crippen LogP contribution in [0.1, 0.15) is 20.8 Å². The molecule has 0 saturated carbocycles. The number of amides is 1. The number of hydrogen-bond donors (Lipinski definition) is 1. The highest BCUT2D eigenvalue weighted by Gasteiger charge is 2.25. The largest absolute Gasteiger partial charge is 0.486 e. The van der Waals surface area contributed by atoms with Crippen molar-refractivity contribution in [1.82, 2.24) is 25.5 Å². The first kappa shape index (κ1) is 16.5. The molecule has 134 valence electrons. The number of benzene rings is 1. The van der Waals surface area contributed by atoms with Gasteiger partial charge in [-0.15, -0.1) is 16.4 Å². The number of nitrogens with one attached hydrogen (secondary N) is 1. The third kappa shape index (κ3) is 3.01. The number of hydrogen-bond acceptors (Lipinski definition) is 7. The quantitative estimate of drug-likeness (QED) is 0.753. The molecular weight excluding hydrogens is 354 g/mol. The Kier molecular flexibility index (Phi) is 4.29. The zero-order chi connectivity index (χ0) is 18.1. The highest BCUT2D eigenvalue weighted by Crippen LogP contribution is 2.31. The van der Waals surface area contributed by atoms with Crippen molar-refractivity contribution in [3.05, 3.63) is 46.6 Å². The van der Waals surface area contributed by atoms with Gasteiger partial charge in [0, 0.05) is 4.88 Å². The second kappa shape index (κ2) is 6.75. The minimum absolute atomic E-state index is 0.181. The van der Waals surface area contributed by atoms with Crippen LogP contribution in [0.15, 0.2) is 30.6 Å². The standard InChI is InChI=1S/C17H17N5O3S/c1-10-11(2)26-17(22-9-19-20-21-22)15(10)16(23)18-7-12-8-24-13-5-3-4-6-14(13)25-12/h3-6,9,12H,7-8H2,1-2H3,(H,18,23)/t12-/m0/s1. The van der Waals surface area contributed by atoms with Crippen molar-refractivity contribution < 1.29 is 14.3 Å². The molecule has 26 heavy (non-hydrogen) atoms. The van der Waals surface area contributed by atoms with Gasteiger partial charge in [-0.2, -0.15) is 4.68 Å². The summed E-state index contributed by atoms with van der Waals surface area (Å²) in [5, 5.41) is 14.8. The molecule has 0 bridgehead atoms. The molecule has 0 unspecified atom stereocenters. The number of carbonyl (C=O) groups excluding carboxylic acids is 1. The maximum Gasteiger partial charge on any atom is 0.254 e. The van der Waals surface area contributed by atoms with Crippen LogP contribution in [0, 0.1) is 13.8 Å². The molecule has 2 aromatic heterocycles. The SMILES string of the molecule is Cc1sc(-n2cnnn2)c(C(=O)NC[C@H]2COc3ccccc3O2)c1C. The zero-order valence-electron chi connectivity index (χ0n) is 14.3. The van der Waals surface area contributed by atoms with E-state index in [2.05, 4.69) is 20.8 Å². The summed E-state index contributed by atoms with van der Waals surface area (Å²) in [7, 11) is 0. The molecule has 3 heterocycles. The third-order valence-electron chi connectivity index (χ3n) is 4.21. The molecule has 1 amide bonds. The first-order chi connectivity index (χ1) is 12.6. The fourth-order valence-electron chi connectivity index (χ4n) is 2.75. The Balaban J connectivity index is 1.48. The van der Waals surface area contributed by atoms with Crippen LogP contribution in [-0.2, 0) is 0 Å². The summed E-state index contributed by atoms with van der Waals surface area (Å²) < 4.78 is 13.1. The van der Waals surface area contributed by atoms with Gasteiger partial charge in [-0.3, -0.25) is 4.79 Å². The number of aromatic nitrogens is 4. The molecule has 4 rings (SSSR count). The Labute approximate surface area is 153 Å². The number of carbonyl (C=O) groups is 1. The van der Waals surface area contributed by atoms with E-state index in [-0.39, 0.29) is 12.0 Å². The number of ether oxygens (including phenoxy) is 2. The predicted molar refractivity (Wildman–Crippen MR) is 95.2 cm³/mol. The summed E-state index contributed by atoms with van der Waals surface area (Å²) in [6.45, 7) is 4.63. The molecule has 1 aliphatic rings. The second-order valence-electron chi connectivity index (χ2n) is 5.93. The van der Waals surface area contributed by atoms with Gasteiger partial charge in [-0.25, -0.2) is 0 Å². The maximum absolute atomic E-state index is 12.8. The van der Waals surface area contributed by atoms with Crippen LogP contribution >= 0.6 is 11.3 Å². The van der Waals surface area contributed by atoms with Crippen LogP contribution in [0.25, 0.3) is 5.00 Å². The number of fused-ring (bicyclic) bond motifs is 1. The smallest absolute Gasteiger partial charge is 0.254 e. The van der Waals surface area contributed by atoms with E-state index in [0.717, 1.165) is 16.2 Å². The van der Waals surface area contributed by atoms with Gasteiger partial charge in [-0.1, -0.05) is 12.1 Å². The highest BCUT2D eigenvalue weighted by molar-refractivity contribution is 7.15. The van der Waals surface area contributed by atoms with Crippen molar-refractivity contribution in [3.63, 3.8) is 0 Å². The summed E-state index contributed by atoms with van der Waals surface area (Å²) in [5.41, 5.74) is 1.50. The Morgan fingerprint density at radius 3 is 2.92 bits per heavy atom. The number of para-hydroxylation sites is 2. The summed E-state index contributed by atoms with van der Waals surface area (Å²) in [6.07, 6.45) is 1.24. The van der Waals surface area contributed by atoms with Crippen LogP contribution in [0.3, 0.4) is 0 Å². The molecule has 1 atom stereocenters. The van der Waals surface area contributed by atoms with E-state index in [9.17, 15) is 4.79 Å². The molecule has 0 fully saturated rings. The topological polar surface area (TPSA) is 91.2 Å². The highest BCUT2D eigenvalue weighted by atomic mass is 32.1. The lowest BCUT2D eigenvalue weighted by molar-refractivity contribution is 0.0789. The minimum Gasteiger partial charge on any atom is -0.486 e. The molecular formula is C17H17N5O3S. The Bertz CT molecular complexity index is 938. The summed E-state index contributed by atoms with van der Waals surface area (Å²) in [5.74, 6) is 1.23. The first-order valence-corrected chi connectivity index (χ1v) is 8.95. The van der Waals surface area contributed by atoms with E-state index in [1.54, 1.807) is 0 Å². The number of thiophene rings is 1. The average Bonchev–Trinajstić information content (AvgIpc) is 3.28. The van der Waals surface area contributed by atoms with Crippen LogP contribution in [0.5, 0.6) is 11.5 Å². The van der Waals surface area contributed by atoms with Crippen LogP contribution in [0.2, 0.25) is 0 Å². The van der Waals surface area contributed by atoms with Gasteiger partial charge in [-0.05, 0) is 42.0 Å². The molecule has 1 aliphatic heterocycles. The molecule has 0 spiro atoms. The molecule has 0 aliphatic carbocycles. The molecule has 0 saturated heterocycles. The van der Waals surface area contributed by atoms with Crippen LogP contribution in [-0.4, -0.2) is 45.4 Å². The molecule has 0 radical (unpaired) electrons. The molecule has 8 nitrogen and oxygen atoms in total. The monoisotopic (exact) mass is 371 g/mol.